The van der Waals surface area contributed by atoms with Gasteiger partial charge in [-0.1, -0.05) is 24.3 Å². The van der Waals surface area contributed by atoms with Crippen LogP contribution in [0.2, 0.25) is 0 Å². The second-order valence-electron chi connectivity index (χ2n) is 6.33. The van der Waals surface area contributed by atoms with Gasteiger partial charge in [-0.05, 0) is 56.2 Å². The Morgan fingerprint density at radius 1 is 1.15 bits per heavy atom. The van der Waals surface area contributed by atoms with Crippen molar-refractivity contribution in [1.29, 1.82) is 0 Å². The van der Waals surface area contributed by atoms with E-state index in [1.807, 2.05) is 67.6 Å². The van der Waals surface area contributed by atoms with Crippen LogP contribution in [0.3, 0.4) is 0 Å². The van der Waals surface area contributed by atoms with Crippen LogP contribution in [0.15, 0.2) is 72.9 Å². The fourth-order valence-corrected chi connectivity index (χ4v) is 2.86. The van der Waals surface area contributed by atoms with Crippen molar-refractivity contribution in [2.75, 3.05) is 18.6 Å². The van der Waals surface area contributed by atoms with E-state index >= 15 is 0 Å². The monoisotopic (exact) mass is 360 g/mol. The van der Waals surface area contributed by atoms with Gasteiger partial charge in [0.2, 0.25) is 0 Å². The average molecular weight is 360 g/mol. The van der Waals surface area contributed by atoms with Crippen molar-refractivity contribution in [2.45, 2.75) is 19.8 Å². The molecule has 0 aliphatic rings. The largest absolute Gasteiger partial charge is 0.494 e. The number of carbonyl (C=O) groups is 1. The number of ether oxygens (including phenoxy) is 1. The average Bonchev–Trinajstić information content (AvgIpc) is 2.72. The first-order chi connectivity index (χ1) is 13.2. The fourth-order valence-electron chi connectivity index (χ4n) is 2.86. The van der Waals surface area contributed by atoms with Crippen molar-refractivity contribution < 1.29 is 9.53 Å². The summed E-state index contributed by atoms with van der Waals surface area (Å²) >= 11 is 0. The first-order valence-electron chi connectivity index (χ1n) is 9.16. The van der Waals surface area contributed by atoms with Crippen molar-refractivity contribution in [3.05, 3.63) is 78.5 Å². The topological polar surface area (TPSA) is 42.4 Å². The van der Waals surface area contributed by atoms with E-state index in [0.29, 0.717) is 12.2 Å². The number of hydrogen-bond acceptors (Lipinski definition) is 3. The second-order valence-corrected chi connectivity index (χ2v) is 6.33. The van der Waals surface area contributed by atoms with Gasteiger partial charge in [0, 0.05) is 35.9 Å². The maximum Gasteiger partial charge on any atom is 0.258 e. The van der Waals surface area contributed by atoms with Crippen molar-refractivity contribution >= 4 is 22.5 Å². The van der Waals surface area contributed by atoms with E-state index in [2.05, 4.69) is 11.1 Å². The highest BCUT2D eigenvalue weighted by molar-refractivity contribution is 6.07. The highest BCUT2D eigenvalue weighted by Gasteiger charge is 2.14. The van der Waals surface area contributed by atoms with E-state index in [1.54, 1.807) is 18.1 Å². The lowest BCUT2D eigenvalue weighted by molar-refractivity contribution is 0.0993. The van der Waals surface area contributed by atoms with Crippen LogP contribution in [0.25, 0.3) is 10.9 Å². The summed E-state index contributed by atoms with van der Waals surface area (Å²) in [6, 6.07) is 17.0. The molecule has 0 bridgehead atoms. The zero-order chi connectivity index (χ0) is 19.1. The van der Waals surface area contributed by atoms with Gasteiger partial charge < -0.3 is 9.64 Å². The predicted octanol–water partition coefficient (Wildman–Crippen LogP) is 5.25. The van der Waals surface area contributed by atoms with Crippen molar-refractivity contribution in [1.82, 2.24) is 4.98 Å². The van der Waals surface area contributed by atoms with Gasteiger partial charge in [-0.15, -0.1) is 0 Å². The molecule has 0 saturated carbocycles. The summed E-state index contributed by atoms with van der Waals surface area (Å²) < 4.78 is 5.81. The Hall–Kier alpha value is -3.14. The van der Waals surface area contributed by atoms with Gasteiger partial charge in [0.05, 0.1) is 12.1 Å². The van der Waals surface area contributed by atoms with E-state index in [1.165, 1.54) is 0 Å². The number of amides is 1. The molecule has 138 valence electrons. The van der Waals surface area contributed by atoms with E-state index in [4.69, 9.17) is 4.74 Å². The molecule has 0 spiro atoms. The number of nitrogens with zero attached hydrogens (tertiary/aromatic N) is 2. The lowest BCUT2D eigenvalue weighted by Crippen LogP contribution is -2.26. The lowest BCUT2D eigenvalue weighted by atomic mass is 10.1. The molecule has 0 aliphatic heterocycles. The Morgan fingerprint density at radius 3 is 2.89 bits per heavy atom. The molecule has 2 aromatic carbocycles. The minimum absolute atomic E-state index is 0.0639. The molecule has 4 nitrogen and oxygen atoms in total. The number of pyridine rings is 1. The highest BCUT2D eigenvalue weighted by atomic mass is 16.5. The van der Waals surface area contributed by atoms with Crippen LogP contribution >= 0.6 is 0 Å². The number of benzene rings is 2. The summed E-state index contributed by atoms with van der Waals surface area (Å²) in [4.78, 5) is 18.8. The molecule has 0 unspecified atom stereocenters. The zero-order valence-electron chi connectivity index (χ0n) is 15.8. The molecule has 0 atom stereocenters. The van der Waals surface area contributed by atoms with Crippen LogP contribution < -0.4 is 9.64 Å². The summed E-state index contributed by atoms with van der Waals surface area (Å²) in [6.45, 7) is 2.67. The number of carbonyl (C=O) groups excluding carboxylic acids is 1. The van der Waals surface area contributed by atoms with Crippen LogP contribution in [0, 0.1) is 0 Å². The number of aromatic nitrogens is 1. The van der Waals surface area contributed by atoms with Crippen LogP contribution in [0.1, 0.15) is 30.1 Å². The van der Waals surface area contributed by atoms with Crippen LogP contribution in [0.5, 0.6) is 5.75 Å². The van der Waals surface area contributed by atoms with Crippen molar-refractivity contribution in [2.24, 2.45) is 0 Å². The third-order valence-electron chi connectivity index (χ3n) is 4.38. The number of hydrogen-bond donors (Lipinski definition) is 0. The summed E-state index contributed by atoms with van der Waals surface area (Å²) in [5.74, 6) is 0.710. The Kier molecular flexibility index (Phi) is 6.21. The molecule has 0 radical (unpaired) electrons. The number of anilines is 1. The maximum absolute atomic E-state index is 12.9. The SMILES string of the molecule is CC=CCCCOc1cccc(N(C)C(=O)c2ccc3ncccc3c2)c1. The first-order valence-corrected chi connectivity index (χ1v) is 9.16. The molecule has 3 aromatic rings. The Labute approximate surface area is 160 Å². The number of allylic oxidation sites excluding steroid dienone is 2. The standard InChI is InChI=1S/C23H24N2O2/c1-3-4-5-6-15-27-21-11-7-10-20(17-21)25(2)23(26)19-12-13-22-18(16-19)9-8-14-24-22/h3-4,7-14,16-17H,5-6,15H2,1-2H3. The maximum atomic E-state index is 12.9. The zero-order valence-corrected chi connectivity index (χ0v) is 15.8. The molecule has 1 aromatic heterocycles. The second kappa shape index (κ2) is 8.99. The summed E-state index contributed by atoms with van der Waals surface area (Å²) in [7, 11) is 1.78. The molecule has 0 N–H and O–H groups in total. The normalized spacial score (nSPS) is 11.0. The van der Waals surface area contributed by atoms with Gasteiger partial charge in [0.1, 0.15) is 5.75 Å². The van der Waals surface area contributed by atoms with E-state index < -0.39 is 0 Å². The van der Waals surface area contributed by atoms with Crippen LogP contribution in [-0.2, 0) is 0 Å². The van der Waals surface area contributed by atoms with Gasteiger partial charge in [-0.3, -0.25) is 9.78 Å². The van der Waals surface area contributed by atoms with Gasteiger partial charge in [-0.25, -0.2) is 0 Å². The molecular weight excluding hydrogens is 336 g/mol. The van der Waals surface area contributed by atoms with E-state index in [0.717, 1.165) is 35.2 Å². The minimum atomic E-state index is -0.0639. The molecular formula is C23H24N2O2. The molecule has 0 fully saturated rings. The summed E-state index contributed by atoms with van der Waals surface area (Å²) in [5.41, 5.74) is 2.32. The summed E-state index contributed by atoms with van der Waals surface area (Å²) in [5, 5.41) is 0.954. The van der Waals surface area contributed by atoms with Crippen molar-refractivity contribution in [3.8, 4) is 5.75 Å². The van der Waals surface area contributed by atoms with Gasteiger partial charge in [0.25, 0.3) is 5.91 Å². The number of rotatable bonds is 7. The molecule has 27 heavy (non-hydrogen) atoms. The van der Waals surface area contributed by atoms with Crippen LogP contribution in [-0.4, -0.2) is 24.5 Å². The fraction of sp³-hybridized carbons (Fsp3) is 0.217. The quantitative estimate of drug-likeness (QED) is 0.427. The van der Waals surface area contributed by atoms with E-state index in [9.17, 15) is 4.79 Å². The molecule has 0 aliphatic carbocycles. The Morgan fingerprint density at radius 2 is 2.04 bits per heavy atom. The molecule has 4 heteroatoms. The Balaban J connectivity index is 1.71. The van der Waals surface area contributed by atoms with Gasteiger partial charge >= 0.3 is 0 Å². The highest BCUT2D eigenvalue weighted by Crippen LogP contribution is 2.23. The molecule has 3 rings (SSSR count). The smallest absolute Gasteiger partial charge is 0.258 e. The van der Waals surface area contributed by atoms with Gasteiger partial charge in [-0.2, -0.15) is 0 Å². The third-order valence-corrected chi connectivity index (χ3v) is 4.38. The third kappa shape index (κ3) is 4.73. The molecule has 1 heterocycles. The molecule has 1 amide bonds. The summed E-state index contributed by atoms with van der Waals surface area (Å²) in [6.07, 6.45) is 7.90. The van der Waals surface area contributed by atoms with Crippen LogP contribution in [0.4, 0.5) is 5.69 Å². The Bertz CT molecular complexity index is 950. The van der Waals surface area contributed by atoms with Gasteiger partial charge in [0.15, 0.2) is 0 Å². The van der Waals surface area contributed by atoms with E-state index in [-0.39, 0.29) is 5.91 Å². The number of unbranched alkanes of at least 4 members (excludes halogenated alkanes) is 1. The minimum Gasteiger partial charge on any atom is -0.494 e. The predicted molar refractivity (Wildman–Crippen MR) is 110 cm³/mol. The van der Waals surface area contributed by atoms with Crippen molar-refractivity contribution in [3.63, 3.8) is 0 Å². The number of fused-ring (bicyclic) bond motifs is 1. The molecule has 0 saturated heterocycles. The first kappa shape index (κ1) is 18.6. The lowest BCUT2D eigenvalue weighted by Gasteiger charge is -2.18.